The minimum atomic E-state index is -4.82. The lowest BCUT2D eigenvalue weighted by Gasteiger charge is -2.26. The van der Waals surface area contributed by atoms with Crippen molar-refractivity contribution in [1.82, 2.24) is 4.98 Å². The van der Waals surface area contributed by atoms with Crippen molar-refractivity contribution < 1.29 is 17.6 Å². The van der Waals surface area contributed by atoms with Crippen molar-refractivity contribution in [2.45, 2.75) is 57.2 Å². The van der Waals surface area contributed by atoms with E-state index in [1.54, 1.807) is 12.1 Å². The zero-order chi connectivity index (χ0) is 34.2. The second-order valence-electron chi connectivity index (χ2n) is 13.2. The number of anilines is 1. The Morgan fingerprint density at radius 1 is 0.800 bits per heavy atom. The predicted octanol–water partition coefficient (Wildman–Crippen LogP) is 11.5. The molecule has 0 bridgehead atoms. The molecule has 0 spiro atoms. The number of benzene rings is 5. The first-order valence-electron chi connectivity index (χ1n) is 17.2. The second-order valence-corrected chi connectivity index (χ2v) is 14.2. The van der Waals surface area contributed by atoms with E-state index in [4.69, 9.17) is 4.42 Å². The van der Waals surface area contributed by atoms with Crippen LogP contribution < -0.4 is 10.5 Å². The van der Waals surface area contributed by atoms with Gasteiger partial charge in [0.05, 0.1) is 15.8 Å². The Morgan fingerprint density at radius 2 is 1.52 bits per heavy atom. The highest BCUT2D eigenvalue weighted by Gasteiger charge is 2.39. The standard InChI is InChI=1S/C42H35F3N2O2S/c43-42(44,45)38-34-20-18-32(47(26-28-12-6-2-7-13-28)23-22-27-10-4-1-5-11-27)25-36(34)49-41(48)37(38)40-46-35-21-17-31-24-30(29-14-8-3-9-15-29)16-19-33(31)39(35)50-40/h1-2,4-7,10-13,16-21,24-25,29H,3,8-9,14-15,22-23,26H2. The maximum absolute atomic E-state index is 15.0. The first-order chi connectivity index (χ1) is 24.3. The van der Waals surface area contributed by atoms with E-state index < -0.39 is 22.9 Å². The highest BCUT2D eigenvalue weighted by Crippen LogP contribution is 2.44. The van der Waals surface area contributed by atoms with E-state index in [9.17, 15) is 4.79 Å². The van der Waals surface area contributed by atoms with E-state index in [-0.39, 0.29) is 16.0 Å². The van der Waals surface area contributed by atoms with E-state index in [1.165, 1.54) is 43.7 Å². The first-order valence-corrected chi connectivity index (χ1v) is 18.0. The molecule has 0 amide bonds. The van der Waals surface area contributed by atoms with Crippen molar-refractivity contribution in [3.8, 4) is 10.6 Å². The van der Waals surface area contributed by atoms with Gasteiger partial charge in [-0.1, -0.05) is 104 Å². The van der Waals surface area contributed by atoms with Gasteiger partial charge in [0.25, 0.3) is 0 Å². The minimum absolute atomic E-state index is 0.00414. The van der Waals surface area contributed by atoms with Gasteiger partial charge < -0.3 is 9.32 Å². The first kappa shape index (κ1) is 32.3. The Labute approximate surface area is 291 Å². The summed E-state index contributed by atoms with van der Waals surface area (Å²) in [6.45, 7) is 1.15. The third-order valence-electron chi connectivity index (χ3n) is 9.95. The average molecular weight is 689 g/mol. The fraction of sp³-hybridized carbons (Fsp3) is 0.238. The molecule has 252 valence electrons. The van der Waals surface area contributed by atoms with Crippen molar-refractivity contribution in [2.75, 3.05) is 11.4 Å². The molecule has 1 aliphatic rings. The molecule has 8 rings (SSSR count). The topological polar surface area (TPSA) is 46.3 Å². The molecule has 0 aliphatic heterocycles. The maximum atomic E-state index is 15.0. The zero-order valence-electron chi connectivity index (χ0n) is 27.4. The number of hydrogen-bond acceptors (Lipinski definition) is 5. The Kier molecular flexibility index (Phi) is 8.65. The molecular formula is C42H35F3N2O2S. The summed E-state index contributed by atoms with van der Waals surface area (Å²) in [5, 5.41) is 1.78. The minimum Gasteiger partial charge on any atom is -0.422 e. The predicted molar refractivity (Wildman–Crippen MR) is 197 cm³/mol. The number of halogens is 3. The van der Waals surface area contributed by atoms with Gasteiger partial charge in [-0.3, -0.25) is 0 Å². The van der Waals surface area contributed by atoms with Crippen LogP contribution in [0.2, 0.25) is 0 Å². The molecule has 8 heteroatoms. The summed E-state index contributed by atoms with van der Waals surface area (Å²) in [7, 11) is 0. The monoisotopic (exact) mass is 688 g/mol. The summed E-state index contributed by atoms with van der Waals surface area (Å²) in [6.07, 6.45) is 2.01. The summed E-state index contributed by atoms with van der Waals surface area (Å²) < 4.78 is 51.5. The van der Waals surface area contributed by atoms with Crippen LogP contribution in [0.3, 0.4) is 0 Å². The van der Waals surface area contributed by atoms with Crippen LogP contribution in [0.5, 0.6) is 0 Å². The fourth-order valence-electron chi connectivity index (χ4n) is 7.42. The van der Waals surface area contributed by atoms with E-state index in [0.29, 0.717) is 30.2 Å². The summed E-state index contributed by atoms with van der Waals surface area (Å²) in [5.74, 6) is 0.534. The molecule has 0 N–H and O–H groups in total. The summed E-state index contributed by atoms with van der Waals surface area (Å²) in [4.78, 5) is 20.3. The molecule has 0 unspecified atom stereocenters. The maximum Gasteiger partial charge on any atom is 0.418 e. The molecule has 7 aromatic rings. The van der Waals surface area contributed by atoms with Gasteiger partial charge in [0.15, 0.2) is 0 Å². The van der Waals surface area contributed by atoms with E-state index in [1.807, 2.05) is 60.7 Å². The number of aromatic nitrogens is 1. The third kappa shape index (κ3) is 6.40. The van der Waals surface area contributed by atoms with Crippen LogP contribution in [0.4, 0.5) is 18.9 Å². The number of nitrogens with zero attached hydrogens (tertiary/aromatic N) is 2. The second kappa shape index (κ2) is 13.4. The lowest BCUT2D eigenvalue weighted by molar-refractivity contribution is -0.136. The molecule has 5 aromatic carbocycles. The Balaban J connectivity index is 1.20. The van der Waals surface area contributed by atoms with Crippen LogP contribution in [-0.4, -0.2) is 11.5 Å². The van der Waals surface area contributed by atoms with Gasteiger partial charge in [0, 0.05) is 35.6 Å². The quantitative estimate of drug-likeness (QED) is 0.149. The van der Waals surface area contributed by atoms with Crippen LogP contribution in [0.25, 0.3) is 42.5 Å². The molecule has 1 fully saturated rings. The lowest BCUT2D eigenvalue weighted by Crippen LogP contribution is -2.25. The Hall–Kier alpha value is -4.95. The molecular weight excluding hydrogens is 654 g/mol. The number of alkyl halides is 3. The highest BCUT2D eigenvalue weighted by atomic mass is 32.1. The Bertz CT molecular complexity index is 2360. The van der Waals surface area contributed by atoms with Gasteiger partial charge in [0.1, 0.15) is 16.2 Å². The largest absolute Gasteiger partial charge is 0.422 e. The Morgan fingerprint density at radius 3 is 2.26 bits per heavy atom. The summed E-state index contributed by atoms with van der Waals surface area (Å²) in [6, 6.07) is 34.8. The fourth-order valence-corrected chi connectivity index (χ4v) is 8.56. The van der Waals surface area contributed by atoms with Crippen LogP contribution in [0.15, 0.2) is 118 Å². The van der Waals surface area contributed by atoms with Crippen molar-refractivity contribution >= 4 is 49.0 Å². The molecule has 1 saturated carbocycles. The van der Waals surface area contributed by atoms with Gasteiger partial charge in [0.2, 0.25) is 0 Å². The summed E-state index contributed by atoms with van der Waals surface area (Å²) in [5.41, 5.74) is 2.01. The highest BCUT2D eigenvalue weighted by molar-refractivity contribution is 7.22. The van der Waals surface area contributed by atoms with Crippen molar-refractivity contribution in [2.24, 2.45) is 0 Å². The van der Waals surface area contributed by atoms with Crippen LogP contribution >= 0.6 is 11.3 Å². The normalized spacial score (nSPS) is 14.1. The molecule has 50 heavy (non-hydrogen) atoms. The van der Waals surface area contributed by atoms with E-state index in [2.05, 4.69) is 40.2 Å². The molecule has 2 aromatic heterocycles. The van der Waals surface area contributed by atoms with Gasteiger partial charge in [-0.2, -0.15) is 13.2 Å². The van der Waals surface area contributed by atoms with Crippen LogP contribution in [0, 0.1) is 0 Å². The molecule has 2 heterocycles. The number of fused-ring (bicyclic) bond motifs is 4. The van der Waals surface area contributed by atoms with Crippen LogP contribution in [0.1, 0.15) is 60.3 Å². The van der Waals surface area contributed by atoms with E-state index >= 15 is 13.2 Å². The van der Waals surface area contributed by atoms with Gasteiger partial charge in [-0.25, -0.2) is 9.78 Å². The lowest BCUT2D eigenvalue weighted by atomic mass is 9.83. The smallest absolute Gasteiger partial charge is 0.418 e. The van der Waals surface area contributed by atoms with Crippen molar-refractivity contribution in [3.63, 3.8) is 0 Å². The number of rotatable bonds is 8. The van der Waals surface area contributed by atoms with Crippen LogP contribution in [-0.2, 0) is 19.1 Å². The SMILES string of the molecule is O=c1oc2cc(N(CCc3ccccc3)Cc3ccccc3)ccc2c(C(F)(F)F)c1-c1nc2ccc3cc(C4CCCCC4)ccc3c2s1. The van der Waals surface area contributed by atoms with Gasteiger partial charge in [-0.15, -0.1) is 11.3 Å². The zero-order valence-corrected chi connectivity index (χ0v) is 28.2. The van der Waals surface area contributed by atoms with Crippen molar-refractivity contribution in [1.29, 1.82) is 0 Å². The molecule has 0 radical (unpaired) electrons. The number of hydrogen-bond donors (Lipinski definition) is 0. The number of thiazole rings is 1. The molecule has 0 atom stereocenters. The summed E-state index contributed by atoms with van der Waals surface area (Å²) >= 11 is 1.11. The molecule has 1 aliphatic carbocycles. The van der Waals surface area contributed by atoms with Gasteiger partial charge in [-0.05, 0) is 65.5 Å². The average Bonchev–Trinajstić information content (AvgIpc) is 3.58. The van der Waals surface area contributed by atoms with E-state index in [0.717, 1.165) is 44.4 Å². The molecule has 4 nitrogen and oxygen atoms in total. The third-order valence-corrected chi connectivity index (χ3v) is 11.1. The van der Waals surface area contributed by atoms with Crippen molar-refractivity contribution in [3.05, 3.63) is 142 Å². The molecule has 0 saturated heterocycles. The van der Waals surface area contributed by atoms with Gasteiger partial charge >= 0.3 is 11.8 Å².